The third kappa shape index (κ3) is 5.00. The van der Waals surface area contributed by atoms with Crippen molar-refractivity contribution in [2.45, 2.75) is 6.61 Å². The van der Waals surface area contributed by atoms with Gasteiger partial charge in [0, 0.05) is 5.02 Å². The molecule has 2 N–H and O–H groups in total. The molecule has 0 saturated carbocycles. The van der Waals surface area contributed by atoms with Gasteiger partial charge in [-0.3, -0.25) is 14.9 Å². The highest BCUT2D eigenvalue weighted by Gasteiger charge is 2.36. The van der Waals surface area contributed by atoms with E-state index >= 15 is 0 Å². The van der Waals surface area contributed by atoms with E-state index in [1.165, 1.54) is 24.3 Å². The van der Waals surface area contributed by atoms with Crippen molar-refractivity contribution < 1.29 is 24.2 Å². The molecule has 0 radical (unpaired) electrons. The van der Waals surface area contributed by atoms with Crippen LogP contribution in [0, 0.1) is 0 Å². The van der Waals surface area contributed by atoms with Crippen LogP contribution in [-0.4, -0.2) is 23.0 Å². The standard InChI is InChI=1S/C24H16Cl2N2O5/c25-16-4-1-14(2-5-16)13-33-18-8-6-17(7-9-18)28-23(31)19(22(30)27-24(28)32)11-15-3-10-21(29)20(26)12-15/h1-12,29H,13H2,(H,27,30,32)/b19-11+. The minimum atomic E-state index is -0.860. The predicted molar refractivity (Wildman–Crippen MR) is 124 cm³/mol. The van der Waals surface area contributed by atoms with Crippen LogP contribution in [0.25, 0.3) is 6.08 Å². The number of aromatic hydroxyl groups is 1. The Bertz CT molecular complexity index is 1270. The van der Waals surface area contributed by atoms with Gasteiger partial charge in [-0.25, -0.2) is 9.69 Å². The Morgan fingerprint density at radius 3 is 2.30 bits per heavy atom. The molecule has 1 saturated heterocycles. The van der Waals surface area contributed by atoms with Gasteiger partial charge in [-0.1, -0.05) is 41.4 Å². The molecule has 1 aliphatic heterocycles. The molecule has 4 amide bonds. The van der Waals surface area contributed by atoms with Crippen LogP contribution in [-0.2, 0) is 16.2 Å². The van der Waals surface area contributed by atoms with Gasteiger partial charge in [0.2, 0.25) is 0 Å². The second-order valence-corrected chi connectivity index (χ2v) is 7.92. The molecule has 166 valence electrons. The van der Waals surface area contributed by atoms with E-state index in [1.54, 1.807) is 36.4 Å². The first-order valence-electron chi connectivity index (χ1n) is 9.69. The molecule has 1 aliphatic rings. The average molecular weight is 483 g/mol. The lowest BCUT2D eigenvalue weighted by atomic mass is 10.1. The van der Waals surface area contributed by atoms with E-state index in [0.29, 0.717) is 22.9 Å². The average Bonchev–Trinajstić information content (AvgIpc) is 2.79. The lowest BCUT2D eigenvalue weighted by Gasteiger charge is -2.26. The number of phenols is 1. The summed E-state index contributed by atoms with van der Waals surface area (Å²) in [5.74, 6) is -1.21. The Balaban J connectivity index is 1.53. The predicted octanol–water partition coefficient (Wildman–Crippen LogP) is 4.94. The second-order valence-electron chi connectivity index (χ2n) is 7.08. The molecule has 0 aliphatic carbocycles. The molecule has 0 spiro atoms. The maximum Gasteiger partial charge on any atom is 0.335 e. The number of nitrogens with zero attached hydrogens (tertiary/aromatic N) is 1. The molecule has 0 aromatic heterocycles. The summed E-state index contributed by atoms with van der Waals surface area (Å²) >= 11 is 11.8. The zero-order valence-corrected chi connectivity index (χ0v) is 18.4. The quantitative estimate of drug-likeness (QED) is 0.396. The lowest BCUT2D eigenvalue weighted by molar-refractivity contribution is -0.122. The van der Waals surface area contributed by atoms with Crippen molar-refractivity contribution >= 4 is 52.8 Å². The van der Waals surface area contributed by atoms with Crippen molar-refractivity contribution in [3.05, 3.63) is 93.5 Å². The zero-order chi connectivity index (χ0) is 23.5. The lowest BCUT2D eigenvalue weighted by Crippen LogP contribution is -2.54. The molecule has 3 aromatic carbocycles. The van der Waals surface area contributed by atoms with Crippen molar-refractivity contribution in [3.63, 3.8) is 0 Å². The van der Waals surface area contributed by atoms with Gasteiger partial charge in [-0.2, -0.15) is 0 Å². The smallest absolute Gasteiger partial charge is 0.335 e. The Morgan fingerprint density at radius 1 is 0.939 bits per heavy atom. The topological polar surface area (TPSA) is 95.9 Å². The van der Waals surface area contributed by atoms with E-state index in [9.17, 15) is 19.5 Å². The SMILES string of the molecule is O=C1NC(=O)N(c2ccc(OCc3ccc(Cl)cc3)cc2)C(=O)/C1=C/c1ccc(O)c(Cl)c1. The van der Waals surface area contributed by atoms with Crippen LogP contribution in [0.5, 0.6) is 11.5 Å². The van der Waals surface area contributed by atoms with E-state index in [-0.39, 0.29) is 22.0 Å². The van der Waals surface area contributed by atoms with Crippen LogP contribution in [0.1, 0.15) is 11.1 Å². The number of carbonyl (C=O) groups excluding carboxylic acids is 3. The first-order valence-corrected chi connectivity index (χ1v) is 10.4. The molecule has 0 atom stereocenters. The second kappa shape index (κ2) is 9.36. The van der Waals surface area contributed by atoms with Crippen LogP contribution in [0.3, 0.4) is 0 Å². The first-order chi connectivity index (χ1) is 15.8. The monoisotopic (exact) mass is 482 g/mol. The molecule has 0 bridgehead atoms. The number of ether oxygens (including phenoxy) is 1. The summed E-state index contributed by atoms with van der Waals surface area (Å²) in [5.41, 5.74) is 1.35. The van der Waals surface area contributed by atoms with Crippen LogP contribution in [0.2, 0.25) is 10.0 Å². The maximum absolute atomic E-state index is 13.0. The number of barbiturate groups is 1. The number of urea groups is 1. The molecule has 7 nitrogen and oxygen atoms in total. The van der Waals surface area contributed by atoms with Gasteiger partial charge in [0.15, 0.2) is 0 Å². The van der Waals surface area contributed by atoms with Gasteiger partial charge in [-0.05, 0) is 65.7 Å². The molecule has 3 aromatic rings. The number of hydrogen-bond donors (Lipinski definition) is 2. The third-order valence-corrected chi connectivity index (χ3v) is 5.35. The number of benzene rings is 3. The minimum Gasteiger partial charge on any atom is -0.506 e. The van der Waals surface area contributed by atoms with Crippen LogP contribution >= 0.6 is 23.2 Å². The van der Waals surface area contributed by atoms with Gasteiger partial charge in [-0.15, -0.1) is 0 Å². The summed E-state index contributed by atoms with van der Waals surface area (Å²) < 4.78 is 5.72. The Kier molecular flexibility index (Phi) is 6.35. The number of halogens is 2. The molecular formula is C24H16Cl2N2O5. The molecule has 1 fully saturated rings. The van der Waals surface area contributed by atoms with Crippen LogP contribution < -0.4 is 15.0 Å². The Hall–Kier alpha value is -3.81. The largest absolute Gasteiger partial charge is 0.506 e. The van der Waals surface area contributed by atoms with Crippen molar-refractivity contribution in [1.29, 1.82) is 0 Å². The van der Waals surface area contributed by atoms with Gasteiger partial charge in [0.05, 0.1) is 10.7 Å². The summed E-state index contributed by atoms with van der Waals surface area (Å²) in [4.78, 5) is 38.5. The van der Waals surface area contributed by atoms with Gasteiger partial charge in [0.1, 0.15) is 23.7 Å². The van der Waals surface area contributed by atoms with E-state index in [2.05, 4.69) is 5.32 Å². The highest BCUT2D eigenvalue weighted by Crippen LogP contribution is 2.27. The Labute approximate surface area is 198 Å². The molecule has 33 heavy (non-hydrogen) atoms. The van der Waals surface area contributed by atoms with Crippen LogP contribution in [0.15, 0.2) is 72.3 Å². The van der Waals surface area contributed by atoms with Crippen molar-refractivity contribution in [2.24, 2.45) is 0 Å². The summed E-state index contributed by atoms with van der Waals surface area (Å²) in [5, 5.41) is 12.4. The van der Waals surface area contributed by atoms with E-state index < -0.39 is 17.8 Å². The van der Waals surface area contributed by atoms with Crippen molar-refractivity contribution in [2.75, 3.05) is 4.90 Å². The van der Waals surface area contributed by atoms with Gasteiger partial charge < -0.3 is 9.84 Å². The van der Waals surface area contributed by atoms with Crippen LogP contribution in [0.4, 0.5) is 10.5 Å². The summed E-state index contributed by atoms with van der Waals surface area (Å²) in [6, 6.07) is 16.9. The maximum atomic E-state index is 13.0. The molecule has 9 heteroatoms. The normalized spacial score (nSPS) is 15.0. The minimum absolute atomic E-state index is 0.0649. The number of amides is 4. The third-order valence-electron chi connectivity index (χ3n) is 4.80. The number of imide groups is 2. The summed E-state index contributed by atoms with van der Waals surface area (Å²) in [6.45, 7) is 0.316. The fourth-order valence-electron chi connectivity index (χ4n) is 3.11. The van der Waals surface area contributed by atoms with E-state index in [0.717, 1.165) is 10.5 Å². The number of carbonyl (C=O) groups is 3. The number of rotatable bonds is 5. The fourth-order valence-corrected chi connectivity index (χ4v) is 3.43. The highest BCUT2D eigenvalue weighted by molar-refractivity contribution is 6.39. The number of phenolic OH excluding ortho intramolecular Hbond substituents is 1. The fraction of sp³-hybridized carbons (Fsp3) is 0.0417. The van der Waals surface area contributed by atoms with Crippen molar-refractivity contribution in [3.8, 4) is 11.5 Å². The first kappa shape index (κ1) is 22.4. The Morgan fingerprint density at radius 2 is 1.64 bits per heavy atom. The van der Waals surface area contributed by atoms with Crippen molar-refractivity contribution in [1.82, 2.24) is 5.32 Å². The molecule has 0 unspecified atom stereocenters. The zero-order valence-electron chi connectivity index (χ0n) is 16.9. The molecular weight excluding hydrogens is 467 g/mol. The number of nitrogens with one attached hydrogen (secondary N) is 1. The highest BCUT2D eigenvalue weighted by atomic mass is 35.5. The number of hydrogen-bond acceptors (Lipinski definition) is 5. The van der Waals surface area contributed by atoms with E-state index in [4.69, 9.17) is 27.9 Å². The van der Waals surface area contributed by atoms with Gasteiger partial charge >= 0.3 is 6.03 Å². The van der Waals surface area contributed by atoms with E-state index in [1.807, 2.05) is 12.1 Å². The number of anilines is 1. The molecule has 4 rings (SSSR count). The summed E-state index contributed by atoms with van der Waals surface area (Å²) in [7, 11) is 0. The van der Waals surface area contributed by atoms with Gasteiger partial charge in [0.25, 0.3) is 11.8 Å². The molecule has 1 heterocycles. The summed E-state index contributed by atoms with van der Waals surface area (Å²) in [6.07, 6.45) is 1.30.